The van der Waals surface area contributed by atoms with Gasteiger partial charge in [-0.05, 0) is 67.6 Å². The van der Waals surface area contributed by atoms with Crippen molar-refractivity contribution in [3.8, 4) is 0 Å². The van der Waals surface area contributed by atoms with E-state index in [4.69, 9.17) is 16.6 Å². The fourth-order valence-corrected chi connectivity index (χ4v) is 5.36. The number of amidine groups is 1. The molecule has 2 aliphatic heterocycles. The predicted octanol–water partition coefficient (Wildman–Crippen LogP) is 6.64. The first kappa shape index (κ1) is 22.9. The van der Waals surface area contributed by atoms with Crippen LogP contribution in [-0.4, -0.2) is 28.1 Å². The van der Waals surface area contributed by atoms with Crippen LogP contribution in [0.1, 0.15) is 28.0 Å². The van der Waals surface area contributed by atoms with E-state index in [1.807, 2.05) is 28.8 Å². The summed E-state index contributed by atoms with van der Waals surface area (Å²) >= 11 is 7.77. The number of anilines is 1. The van der Waals surface area contributed by atoms with Gasteiger partial charge in [-0.15, -0.1) is 16.2 Å². The van der Waals surface area contributed by atoms with Crippen molar-refractivity contribution in [3.63, 3.8) is 0 Å². The standard InChI is InChI=1S/C25H19ClN6O2S/c1-13-14(2)35-25-22(13)23(16-4-6-17(26)7-5-16)28-20(24-30-29-15(3)32(24)25)12-21(33)27-18-8-10-19(31-34)11-9-18/h4-11,20H,3,12H2,1-2H3/p+1. The Bertz CT molecular complexity index is 1470. The van der Waals surface area contributed by atoms with E-state index in [0.29, 0.717) is 22.4 Å². The van der Waals surface area contributed by atoms with Crippen molar-refractivity contribution in [1.82, 2.24) is 0 Å². The number of nitroso groups, excluding NO2 is 1. The smallest absolute Gasteiger partial charge is 0.312 e. The van der Waals surface area contributed by atoms with E-state index >= 15 is 0 Å². The van der Waals surface area contributed by atoms with Gasteiger partial charge in [0.05, 0.1) is 27.9 Å². The summed E-state index contributed by atoms with van der Waals surface area (Å²) in [5.41, 5.74) is 4.58. The SMILES string of the molecule is C=C1N=NC2=[N+]1c1sc(C)c(C)c1C(c1ccc(Cl)cc1)=NC2CC(=O)Nc1ccc(N=O)cc1. The molecule has 1 atom stereocenters. The lowest BCUT2D eigenvalue weighted by atomic mass is 9.99. The van der Waals surface area contributed by atoms with Gasteiger partial charge < -0.3 is 5.32 Å². The number of hydrogen-bond acceptors (Lipinski definition) is 7. The summed E-state index contributed by atoms with van der Waals surface area (Å²) in [5.74, 6) is 0.786. The van der Waals surface area contributed by atoms with E-state index in [0.717, 1.165) is 32.3 Å². The topological polar surface area (TPSA) is 98.6 Å². The quantitative estimate of drug-likeness (QED) is 0.311. The normalized spacial score (nSPS) is 16.5. The second-order valence-electron chi connectivity index (χ2n) is 8.16. The fourth-order valence-electron chi connectivity index (χ4n) is 4.05. The van der Waals surface area contributed by atoms with E-state index in [2.05, 4.69) is 41.1 Å². The number of amides is 1. The minimum absolute atomic E-state index is 0.0376. The Balaban J connectivity index is 1.58. The maximum atomic E-state index is 13.0. The highest BCUT2D eigenvalue weighted by atomic mass is 35.5. The Kier molecular flexibility index (Phi) is 5.96. The van der Waals surface area contributed by atoms with Crippen LogP contribution >= 0.6 is 22.9 Å². The first-order chi connectivity index (χ1) is 16.9. The van der Waals surface area contributed by atoms with Crippen LogP contribution < -0.4 is 5.32 Å². The molecule has 2 aliphatic rings. The van der Waals surface area contributed by atoms with Crippen molar-refractivity contribution in [1.29, 1.82) is 0 Å². The van der Waals surface area contributed by atoms with Gasteiger partial charge in [0.25, 0.3) is 0 Å². The lowest BCUT2D eigenvalue weighted by Gasteiger charge is -2.11. The number of hydrogen-bond donors (Lipinski definition) is 1. The van der Waals surface area contributed by atoms with Gasteiger partial charge in [-0.1, -0.05) is 23.7 Å². The molecule has 2 aromatic carbocycles. The van der Waals surface area contributed by atoms with Gasteiger partial charge in [0.15, 0.2) is 11.0 Å². The first-order valence-corrected chi connectivity index (χ1v) is 12.0. The average molecular weight is 504 g/mol. The number of azo groups is 1. The number of thiophene rings is 1. The lowest BCUT2D eigenvalue weighted by Crippen LogP contribution is -2.28. The van der Waals surface area contributed by atoms with Crippen LogP contribution in [0.25, 0.3) is 0 Å². The molecule has 1 unspecified atom stereocenters. The van der Waals surface area contributed by atoms with E-state index in [9.17, 15) is 9.70 Å². The van der Waals surface area contributed by atoms with Crippen molar-refractivity contribution in [2.75, 3.05) is 5.32 Å². The summed E-state index contributed by atoms with van der Waals surface area (Å²) < 4.78 is 1.90. The monoisotopic (exact) mass is 503 g/mol. The Morgan fingerprint density at radius 3 is 2.54 bits per heavy atom. The molecule has 1 N–H and O–H groups in total. The summed E-state index contributed by atoms with van der Waals surface area (Å²) in [4.78, 5) is 29.9. The molecule has 0 spiro atoms. The van der Waals surface area contributed by atoms with E-state index in [-0.39, 0.29) is 18.0 Å². The van der Waals surface area contributed by atoms with E-state index in [1.54, 1.807) is 35.6 Å². The van der Waals surface area contributed by atoms with E-state index in [1.165, 1.54) is 0 Å². The average Bonchev–Trinajstić information content (AvgIpc) is 3.32. The zero-order chi connectivity index (χ0) is 24.7. The number of carbonyl (C=O) groups is 1. The molecule has 8 nitrogen and oxygen atoms in total. The summed E-state index contributed by atoms with van der Waals surface area (Å²) in [6, 6.07) is 13.2. The number of aryl methyl sites for hydroxylation is 1. The predicted molar refractivity (Wildman–Crippen MR) is 139 cm³/mol. The van der Waals surface area contributed by atoms with Crippen molar-refractivity contribution >= 4 is 56.8 Å². The van der Waals surface area contributed by atoms with Gasteiger partial charge in [0, 0.05) is 21.2 Å². The fraction of sp³-hybridized carbons (Fsp3) is 0.160. The van der Waals surface area contributed by atoms with Gasteiger partial charge in [-0.25, -0.2) is 0 Å². The molecular weight excluding hydrogens is 484 g/mol. The van der Waals surface area contributed by atoms with Gasteiger partial charge in [-0.2, -0.15) is 4.58 Å². The van der Waals surface area contributed by atoms with Crippen LogP contribution in [0.5, 0.6) is 0 Å². The molecule has 174 valence electrons. The molecule has 0 saturated carbocycles. The Hall–Kier alpha value is -3.82. The molecule has 35 heavy (non-hydrogen) atoms. The van der Waals surface area contributed by atoms with Gasteiger partial charge in [0.1, 0.15) is 5.69 Å². The minimum Gasteiger partial charge on any atom is -0.326 e. The Morgan fingerprint density at radius 1 is 1.14 bits per heavy atom. The zero-order valence-corrected chi connectivity index (χ0v) is 20.5. The molecule has 0 bridgehead atoms. The third kappa shape index (κ3) is 4.24. The zero-order valence-electron chi connectivity index (χ0n) is 18.9. The molecule has 0 aliphatic carbocycles. The number of rotatable bonds is 5. The van der Waals surface area contributed by atoms with Crippen LogP contribution in [0.2, 0.25) is 5.02 Å². The summed E-state index contributed by atoms with van der Waals surface area (Å²) in [6.45, 7) is 8.20. The van der Waals surface area contributed by atoms with Gasteiger partial charge in [-0.3, -0.25) is 9.79 Å². The number of fused-ring (bicyclic) bond motifs is 2. The van der Waals surface area contributed by atoms with Gasteiger partial charge in [0.2, 0.25) is 5.91 Å². The maximum Gasteiger partial charge on any atom is 0.312 e. The van der Waals surface area contributed by atoms with Crippen molar-refractivity contribution < 1.29 is 9.37 Å². The van der Waals surface area contributed by atoms with Crippen molar-refractivity contribution in [2.45, 2.75) is 26.3 Å². The highest BCUT2D eigenvalue weighted by molar-refractivity contribution is 7.16. The third-order valence-corrected chi connectivity index (χ3v) is 7.34. The number of benzene rings is 2. The molecule has 0 fully saturated rings. The maximum absolute atomic E-state index is 13.0. The van der Waals surface area contributed by atoms with Crippen LogP contribution in [0.4, 0.5) is 16.4 Å². The van der Waals surface area contributed by atoms with Crippen molar-refractivity contribution in [2.24, 2.45) is 20.4 Å². The highest BCUT2D eigenvalue weighted by Crippen LogP contribution is 2.41. The van der Waals surface area contributed by atoms with E-state index < -0.39 is 6.04 Å². The molecule has 10 heteroatoms. The molecule has 1 aromatic heterocycles. The van der Waals surface area contributed by atoms with Crippen molar-refractivity contribution in [3.05, 3.63) is 92.4 Å². The Morgan fingerprint density at radius 2 is 1.86 bits per heavy atom. The largest absolute Gasteiger partial charge is 0.326 e. The minimum atomic E-state index is -0.598. The summed E-state index contributed by atoms with van der Waals surface area (Å²) in [7, 11) is 0. The molecule has 0 radical (unpaired) electrons. The van der Waals surface area contributed by atoms with Crippen LogP contribution in [0.15, 0.2) is 81.3 Å². The molecule has 1 amide bonds. The molecular formula is C25H20ClN6O2S+. The second kappa shape index (κ2) is 9.09. The van der Waals surface area contributed by atoms with Crippen LogP contribution in [0.3, 0.4) is 0 Å². The van der Waals surface area contributed by atoms with Crippen LogP contribution in [0, 0.1) is 18.8 Å². The molecule has 3 aromatic rings. The number of aliphatic imine (C=N–C) groups is 1. The number of halogens is 1. The molecule has 3 heterocycles. The molecule has 5 rings (SSSR count). The number of nitrogens with one attached hydrogen (secondary N) is 1. The lowest BCUT2D eigenvalue weighted by molar-refractivity contribution is -0.376. The third-order valence-electron chi connectivity index (χ3n) is 5.90. The summed E-state index contributed by atoms with van der Waals surface area (Å²) in [6.07, 6.45) is 0.0376. The number of carbonyl (C=O) groups excluding carboxylic acids is 1. The summed E-state index contributed by atoms with van der Waals surface area (Å²) in [5, 5.41) is 15.9. The first-order valence-electron chi connectivity index (χ1n) is 10.8. The highest BCUT2D eigenvalue weighted by Gasteiger charge is 2.41. The number of nitrogens with zero attached hydrogens (tertiary/aromatic N) is 5. The second-order valence-corrected chi connectivity index (χ2v) is 9.80. The molecule has 0 saturated heterocycles. The van der Waals surface area contributed by atoms with Crippen LogP contribution in [-0.2, 0) is 4.79 Å². The Labute approximate surface area is 210 Å². The van der Waals surface area contributed by atoms with Gasteiger partial charge >= 0.3 is 11.7 Å².